The van der Waals surface area contributed by atoms with Crippen molar-refractivity contribution in [1.82, 2.24) is 4.90 Å². The van der Waals surface area contributed by atoms with Crippen LogP contribution in [0.3, 0.4) is 0 Å². The zero-order chi connectivity index (χ0) is 12.6. The van der Waals surface area contributed by atoms with E-state index in [2.05, 4.69) is 12.2 Å². The monoisotopic (exact) mass is 239 g/mol. The van der Waals surface area contributed by atoms with Crippen LogP contribution in [-0.2, 0) is 4.74 Å². The van der Waals surface area contributed by atoms with E-state index >= 15 is 0 Å². The Morgan fingerprint density at radius 2 is 2.18 bits per heavy atom. The molecule has 96 valence electrons. The largest absolute Gasteiger partial charge is 0.444 e. The summed E-state index contributed by atoms with van der Waals surface area (Å²) >= 11 is 0. The van der Waals surface area contributed by atoms with Crippen molar-refractivity contribution >= 4 is 6.09 Å². The van der Waals surface area contributed by atoms with Gasteiger partial charge in [0.25, 0.3) is 0 Å². The Hall–Kier alpha value is -1.03. The van der Waals surface area contributed by atoms with E-state index in [4.69, 9.17) is 9.84 Å². The second-order valence-electron chi connectivity index (χ2n) is 5.84. The molecule has 0 saturated carbocycles. The molecular weight excluding hydrogens is 218 g/mol. The fraction of sp³-hybridized carbons (Fsp3) is 0.769. The molecule has 2 aliphatic rings. The average molecular weight is 239 g/mol. The van der Waals surface area contributed by atoms with Crippen molar-refractivity contribution in [2.75, 3.05) is 6.61 Å². The minimum Gasteiger partial charge on any atom is -0.444 e. The van der Waals surface area contributed by atoms with Crippen LogP contribution in [0.15, 0.2) is 12.2 Å². The molecule has 1 amide bonds. The van der Waals surface area contributed by atoms with Crippen LogP contribution < -0.4 is 0 Å². The normalized spacial score (nSPS) is 31.1. The van der Waals surface area contributed by atoms with Crippen LogP contribution in [0, 0.1) is 5.92 Å². The van der Waals surface area contributed by atoms with Gasteiger partial charge in [-0.05, 0) is 39.5 Å². The summed E-state index contributed by atoms with van der Waals surface area (Å²) in [7, 11) is 0. The smallest absolute Gasteiger partial charge is 0.411 e. The van der Waals surface area contributed by atoms with Crippen LogP contribution in [0.1, 0.15) is 33.6 Å². The maximum atomic E-state index is 12.1. The molecule has 0 aromatic rings. The first kappa shape index (κ1) is 12.4. The maximum absolute atomic E-state index is 12.1. The Kier molecular flexibility index (Phi) is 3.17. The Labute approximate surface area is 102 Å². The molecule has 4 nitrogen and oxygen atoms in total. The molecule has 2 aliphatic heterocycles. The van der Waals surface area contributed by atoms with Crippen LogP contribution in [0.5, 0.6) is 0 Å². The van der Waals surface area contributed by atoms with E-state index in [1.165, 1.54) is 0 Å². The Bertz CT molecular complexity index is 332. The number of amides is 1. The first-order valence-electron chi connectivity index (χ1n) is 6.23. The maximum Gasteiger partial charge on any atom is 0.411 e. The number of carbonyl (C=O) groups is 1. The van der Waals surface area contributed by atoms with Gasteiger partial charge in [0.1, 0.15) is 5.60 Å². The molecular formula is C13H21NO3. The van der Waals surface area contributed by atoms with Gasteiger partial charge in [-0.25, -0.2) is 4.79 Å². The van der Waals surface area contributed by atoms with Crippen molar-refractivity contribution in [2.45, 2.75) is 51.3 Å². The topological polar surface area (TPSA) is 49.8 Å². The molecule has 4 heteroatoms. The van der Waals surface area contributed by atoms with Gasteiger partial charge in [0.15, 0.2) is 0 Å². The second-order valence-corrected chi connectivity index (χ2v) is 5.84. The third kappa shape index (κ3) is 2.46. The number of aliphatic hydroxyl groups excluding tert-OH is 1. The average Bonchev–Trinajstić information content (AvgIpc) is 2.72. The molecule has 1 saturated heterocycles. The van der Waals surface area contributed by atoms with Crippen molar-refractivity contribution in [3.05, 3.63) is 12.2 Å². The highest BCUT2D eigenvalue weighted by Gasteiger charge is 2.46. The molecule has 0 spiro atoms. The summed E-state index contributed by atoms with van der Waals surface area (Å²) in [6.45, 7) is 5.81. The molecule has 2 heterocycles. The number of carbonyl (C=O) groups excluding carboxylic acids is 1. The molecule has 0 aromatic heterocycles. The van der Waals surface area contributed by atoms with Gasteiger partial charge in [-0.3, -0.25) is 4.90 Å². The van der Waals surface area contributed by atoms with Crippen molar-refractivity contribution in [1.29, 1.82) is 0 Å². The van der Waals surface area contributed by atoms with Crippen molar-refractivity contribution in [3.8, 4) is 0 Å². The van der Waals surface area contributed by atoms with Gasteiger partial charge in [-0.1, -0.05) is 12.2 Å². The zero-order valence-corrected chi connectivity index (χ0v) is 10.7. The van der Waals surface area contributed by atoms with Crippen LogP contribution in [0.4, 0.5) is 4.79 Å². The molecule has 2 bridgehead atoms. The highest BCUT2D eigenvalue weighted by atomic mass is 16.6. The molecule has 17 heavy (non-hydrogen) atoms. The van der Waals surface area contributed by atoms with Crippen LogP contribution in [0.25, 0.3) is 0 Å². The van der Waals surface area contributed by atoms with E-state index in [1.807, 2.05) is 25.7 Å². The molecule has 2 rings (SSSR count). The van der Waals surface area contributed by atoms with Gasteiger partial charge >= 0.3 is 6.09 Å². The highest BCUT2D eigenvalue weighted by Crippen LogP contribution is 2.39. The van der Waals surface area contributed by atoms with Gasteiger partial charge in [0.2, 0.25) is 0 Å². The molecule has 1 fully saturated rings. The third-order valence-corrected chi connectivity index (χ3v) is 3.34. The second kappa shape index (κ2) is 4.33. The van der Waals surface area contributed by atoms with E-state index in [-0.39, 0.29) is 24.8 Å². The lowest BCUT2D eigenvalue weighted by atomic mass is 9.92. The number of nitrogens with zero attached hydrogens (tertiary/aromatic N) is 1. The summed E-state index contributed by atoms with van der Waals surface area (Å²) in [5.74, 6) is 0.377. The van der Waals surface area contributed by atoms with E-state index < -0.39 is 5.60 Å². The number of ether oxygens (including phenoxy) is 1. The fourth-order valence-corrected chi connectivity index (χ4v) is 2.70. The predicted molar refractivity (Wildman–Crippen MR) is 64.6 cm³/mol. The van der Waals surface area contributed by atoms with Gasteiger partial charge in [0.05, 0.1) is 12.1 Å². The van der Waals surface area contributed by atoms with Crippen molar-refractivity contribution < 1.29 is 14.6 Å². The number of rotatable bonds is 2. The molecule has 0 aromatic carbocycles. The van der Waals surface area contributed by atoms with E-state index in [0.717, 1.165) is 12.8 Å². The standard InChI is InChI=1S/C13H21NO3/c1-13(2,3)17-12(16)14-10-4-5-11(14)9(8-10)6-7-15/h4-5,9-11,15H,6-8H2,1-3H3/t9-,10-,11+/m0/s1. The molecule has 3 atom stereocenters. The lowest BCUT2D eigenvalue weighted by Gasteiger charge is -2.28. The molecule has 1 N–H and O–H groups in total. The summed E-state index contributed by atoms with van der Waals surface area (Å²) in [4.78, 5) is 13.9. The summed E-state index contributed by atoms with van der Waals surface area (Å²) in [5.41, 5.74) is -0.453. The van der Waals surface area contributed by atoms with Gasteiger partial charge in [0, 0.05) is 6.61 Å². The first-order chi connectivity index (χ1) is 7.92. The van der Waals surface area contributed by atoms with E-state index in [1.54, 1.807) is 0 Å². The van der Waals surface area contributed by atoms with Crippen LogP contribution in [0.2, 0.25) is 0 Å². The minimum absolute atomic E-state index is 0.113. The summed E-state index contributed by atoms with van der Waals surface area (Å²) < 4.78 is 5.41. The lowest BCUT2D eigenvalue weighted by Crippen LogP contribution is -2.41. The quantitative estimate of drug-likeness (QED) is 0.749. The minimum atomic E-state index is -0.453. The van der Waals surface area contributed by atoms with Crippen LogP contribution in [-0.4, -0.2) is 40.4 Å². The third-order valence-electron chi connectivity index (χ3n) is 3.34. The summed E-state index contributed by atoms with van der Waals surface area (Å²) in [6.07, 6.45) is 5.60. The van der Waals surface area contributed by atoms with Crippen LogP contribution >= 0.6 is 0 Å². The Morgan fingerprint density at radius 1 is 1.47 bits per heavy atom. The van der Waals surface area contributed by atoms with Crippen molar-refractivity contribution in [2.24, 2.45) is 5.92 Å². The highest BCUT2D eigenvalue weighted by molar-refractivity contribution is 5.71. The van der Waals surface area contributed by atoms with E-state index in [9.17, 15) is 4.79 Å². The van der Waals surface area contributed by atoms with Gasteiger partial charge in [-0.15, -0.1) is 0 Å². The van der Waals surface area contributed by atoms with E-state index in [0.29, 0.717) is 5.92 Å². The molecule has 0 radical (unpaired) electrons. The lowest BCUT2D eigenvalue weighted by molar-refractivity contribution is 0.0218. The first-order valence-corrected chi connectivity index (χ1v) is 6.23. The number of hydrogen-bond acceptors (Lipinski definition) is 3. The number of aliphatic hydroxyl groups is 1. The summed E-state index contributed by atoms with van der Waals surface area (Å²) in [5, 5.41) is 9.01. The van der Waals surface area contributed by atoms with Crippen molar-refractivity contribution in [3.63, 3.8) is 0 Å². The summed E-state index contributed by atoms with van der Waals surface area (Å²) in [6, 6.07) is 0.272. The predicted octanol–water partition coefficient (Wildman–Crippen LogP) is 1.93. The van der Waals surface area contributed by atoms with Gasteiger partial charge in [-0.2, -0.15) is 0 Å². The zero-order valence-electron chi connectivity index (χ0n) is 10.7. The number of hydrogen-bond donors (Lipinski definition) is 1. The van der Waals surface area contributed by atoms with Gasteiger partial charge < -0.3 is 9.84 Å². The number of fused-ring (bicyclic) bond motifs is 2. The SMILES string of the molecule is CC(C)(C)OC(=O)N1[C@@H]2C=C[C@H]1C[C@@H]2CCO. The fourth-order valence-electron chi connectivity index (χ4n) is 2.70. The molecule has 0 aliphatic carbocycles. The molecule has 0 unspecified atom stereocenters. The Morgan fingerprint density at radius 3 is 2.76 bits per heavy atom. The Balaban J connectivity index is 2.02.